The van der Waals surface area contributed by atoms with Gasteiger partial charge in [-0.05, 0) is 67.3 Å². The largest absolute Gasteiger partial charge is 0.493 e. The number of carbonyl (C=O) groups is 2. The van der Waals surface area contributed by atoms with Gasteiger partial charge < -0.3 is 19.9 Å². The highest BCUT2D eigenvalue weighted by molar-refractivity contribution is 6.34. The van der Waals surface area contributed by atoms with Gasteiger partial charge in [0.25, 0.3) is 5.91 Å². The number of carboxylic acid groups (broad SMARTS) is 1. The molecule has 0 saturated carbocycles. The smallest absolute Gasteiger partial charge is 0.307 e. The van der Waals surface area contributed by atoms with Crippen LogP contribution >= 0.6 is 11.6 Å². The Morgan fingerprint density at radius 1 is 1.03 bits per heavy atom. The molecule has 3 rings (SSSR count). The fraction of sp³-hybridized carbons (Fsp3) is 0.286. The maximum Gasteiger partial charge on any atom is 0.307 e. The van der Waals surface area contributed by atoms with E-state index in [1.165, 1.54) is 0 Å². The van der Waals surface area contributed by atoms with Crippen LogP contribution in [0.2, 0.25) is 5.02 Å². The van der Waals surface area contributed by atoms with Gasteiger partial charge in [-0.1, -0.05) is 48.9 Å². The molecule has 0 radical (unpaired) electrons. The molecule has 7 heteroatoms. The summed E-state index contributed by atoms with van der Waals surface area (Å²) >= 11 is 6.34. The number of hydrogen-bond donors (Lipinski definition) is 2. The monoisotopic (exact) mass is 495 g/mol. The Morgan fingerprint density at radius 2 is 1.80 bits per heavy atom. The van der Waals surface area contributed by atoms with Crippen molar-refractivity contribution >= 4 is 23.5 Å². The Balaban J connectivity index is 1.82. The summed E-state index contributed by atoms with van der Waals surface area (Å²) in [6.45, 7) is 6.66. The number of amides is 1. The Morgan fingerprint density at radius 3 is 2.49 bits per heavy atom. The molecule has 3 aromatic rings. The van der Waals surface area contributed by atoms with Gasteiger partial charge in [-0.3, -0.25) is 9.59 Å². The molecule has 0 atom stereocenters. The molecule has 35 heavy (non-hydrogen) atoms. The lowest BCUT2D eigenvalue weighted by Crippen LogP contribution is -2.23. The Bertz CT molecular complexity index is 1190. The predicted octanol–water partition coefficient (Wildman–Crippen LogP) is 6.14. The number of benzene rings is 3. The summed E-state index contributed by atoms with van der Waals surface area (Å²) in [4.78, 5) is 24.0. The van der Waals surface area contributed by atoms with Crippen LogP contribution in [0.5, 0.6) is 11.5 Å². The summed E-state index contributed by atoms with van der Waals surface area (Å²) in [6.07, 6.45) is 0.811. The van der Waals surface area contributed by atoms with Gasteiger partial charge in [0, 0.05) is 12.1 Å². The minimum absolute atomic E-state index is 0.00406. The minimum atomic E-state index is -0.878. The number of nitrogens with one attached hydrogen (secondary N) is 1. The first-order chi connectivity index (χ1) is 16.8. The van der Waals surface area contributed by atoms with Crippen molar-refractivity contribution in [2.24, 2.45) is 0 Å². The Hall–Kier alpha value is -3.51. The van der Waals surface area contributed by atoms with E-state index in [1.807, 2.05) is 57.2 Å². The number of carboxylic acids is 1. The lowest BCUT2D eigenvalue weighted by atomic mass is 9.99. The third-order valence-electron chi connectivity index (χ3n) is 5.13. The standard InChI is InChI=1S/C28H30ClNO5/c1-4-12-34-26-11-8-21(20-7-5-6-19(13-20)14-27(31)32)15-22(26)17-30-28(33)24-10-9-23(16-25(24)29)35-18(2)3/h5-11,13,15-16,18H,4,12,14,17H2,1-3H3,(H,30,33)(H,31,32). The molecule has 0 heterocycles. The van der Waals surface area contributed by atoms with Gasteiger partial charge in [0.2, 0.25) is 0 Å². The maximum absolute atomic E-state index is 12.9. The molecule has 0 aliphatic rings. The molecule has 0 fully saturated rings. The number of rotatable bonds is 11. The minimum Gasteiger partial charge on any atom is -0.493 e. The van der Waals surface area contributed by atoms with Crippen molar-refractivity contribution in [2.45, 2.75) is 46.3 Å². The summed E-state index contributed by atoms with van der Waals surface area (Å²) in [5.41, 5.74) is 3.68. The molecule has 184 valence electrons. The van der Waals surface area contributed by atoms with E-state index in [0.29, 0.717) is 28.7 Å². The van der Waals surface area contributed by atoms with Crippen LogP contribution in [-0.4, -0.2) is 29.7 Å². The van der Waals surface area contributed by atoms with E-state index in [9.17, 15) is 9.59 Å². The van der Waals surface area contributed by atoms with Gasteiger partial charge in [-0.2, -0.15) is 0 Å². The first kappa shape index (κ1) is 26.1. The van der Waals surface area contributed by atoms with Crippen molar-refractivity contribution in [1.82, 2.24) is 5.32 Å². The second kappa shape index (κ2) is 12.3. The molecule has 0 aliphatic carbocycles. The summed E-state index contributed by atoms with van der Waals surface area (Å²) in [5.74, 6) is 0.108. The normalized spacial score (nSPS) is 10.8. The average Bonchev–Trinajstić information content (AvgIpc) is 2.81. The van der Waals surface area contributed by atoms with Crippen LogP contribution in [0.25, 0.3) is 11.1 Å². The van der Waals surface area contributed by atoms with E-state index in [1.54, 1.807) is 24.3 Å². The molecule has 2 N–H and O–H groups in total. The molecular formula is C28H30ClNO5. The van der Waals surface area contributed by atoms with Gasteiger partial charge in [-0.25, -0.2) is 0 Å². The zero-order chi connectivity index (χ0) is 25.4. The van der Waals surface area contributed by atoms with Crippen LogP contribution in [0.15, 0.2) is 60.7 Å². The summed E-state index contributed by atoms with van der Waals surface area (Å²) in [5, 5.41) is 12.3. The molecule has 0 unspecified atom stereocenters. The fourth-order valence-corrected chi connectivity index (χ4v) is 3.84. The number of aliphatic carboxylic acids is 1. The Labute approximate surface area is 210 Å². The van der Waals surface area contributed by atoms with E-state index >= 15 is 0 Å². The van der Waals surface area contributed by atoms with Crippen molar-refractivity contribution in [1.29, 1.82) is 0 Å². The highest BCUT2D eigenvalue weighted by Gasteiger charge is 2.14. The molecule has 0 spiro atoms. The number of ether oxygens (including phenoxy) is 2. The number of hydrogen-bond acceptors (Lipinski definition) is 4. The molecule has 0 aliphatic heterocycles. The SMILES string of the molecule is CCCOc1ccc(-c2cccc(CC(=O)O)c2)cc1CNC(=O)c1ccc(OC(C)C)cc1Cl. The highest BCUT2D eigenvalue weighted by atomic mass is 35.5. The van der Waals surface area contributed by atoms with Gasteiger partial charge in [0.15, 0.2) is 0 Å². The van der Waals surface area contributed by atoms with Gasteiger partial charge in [0.1, 0.15) is 11.5 Å². The van der Waals surface area contributed by atoms with E-state index in [-0.39, 0.29) is 25.0 Å². The van der Waals surface area contributed by atoms with Gasteiger partial charge in [0.05, 0.1) is 29.7 Å². The molecule has 3 aromatic carbocycles. The van der Waals surface area contributed by atoms with Crippen molar-refractivity contribution in [3.05, 3.63) is 82.4 Å². The zero-order valence-corrected chi connectivity index (χ0v) is 20.9. The molecule has 0 aromatic heterocycles. The zero-order valence-electron chi connectivity index (χ0n) is 20.1. The van der Waals surface area contributed by atoms with E-state index in [2.05, 4.69) is 5.32 Å². The fourth-order valence-electron chi connectivity index (χ4n) is 3.58. The summed E-state index contributed by atoms with van der Waals surface area (Å²) < 4.78 is 11.5. The molecular weight excluding hydrogens is 466 g/mol. The van der Waals surface area contributed by atoms with Crippen molar-refractivity contribution in [2.75, 3.05) is 6.61 Å². The summed E-state index contributed by atoms with van der Waals surface area (Å²) in [6, 6.07) is 18.2. The van der Waals surface area contributed by atoms with Crippen molar-refractivity contribution in [3.63, 3.8) is 0 Å². The third kappa shape index (κ3) is 7.49. The van der Waals surface area contributed by atoms with Gasteiger partial charge >= 0.3 is 5.97 Å². The summed E-state index contributed by atoms with van der Waals surface area (Å²) in [7, 11) is 0. The lowest BCUT2D eigenvalue weighted by molar-refractivity contribution is -0.136. The predicted molar refractivity (Wildman–Crippen MR) is 137 cm³/mol. The third-order valence-corrected chi connectivity index (χ3v) is 5.45. The van der Waals surface area contributed by atoms with E-state index < -0.39 is 5.97 Å². The van der Waals surface area contributed by atoms with Crippen LogP contribution in [0.4, 0.5) is 0 Å². The number of carbonyl (C=O) groups excluding carboxylic acids is 1. The number of halogens is 1. The average molecular weight is 496 g/mol. The van der Waals surface area contributed by atoms with Crippen LogP contribution in [0, 0.1) is 0 Å². The van der Waals surface area contributed by atoms with E-state index in [0.717, 1.165) is 28.7 Å². The quantitative estimate of drug-likeness (QED) is 0.333. The second-order valence-electron chi connectivity index (χ2n) is 8.43. The Kier molecular flexibility index (Phi) is 9.15. The maximum atomic E-state index is 12.9. The molecule has 6 nitrogen and oxygen atoms in total. The van der Waals surface area contributed by atoms with Crippen LogP contribution < -0.4 is 14.8 Å². The first-order valence-corrected chi connectivity index (χ1v) is 12.0. The van der Waals surface area contributed by atoms with E-state index in [4.69, 9.17) is 26.2 Å². The topological polar surface area (TPSA) is 84.9 Å². The molecule has 1 amide bonds. The van der Waals surface area contributed by atoms with Crippen LogP contribution in [0.3, 0.4) is 0 Å². The van der Waals surface area contributed by atoms with Crippen molar-refractivity contribution in [3.8, 4) is 22.6 Å². The second-order valence-corrected chi connectivity index (χ2v) is 8.84. The van der Waals surface area contributed by atoms with Gasteiger partial charge in [-0.15, -0.1) is 0 Å². The first-order valence-electron chi connectivity index (χ1n) is 11.6. The van der Waals surface area contributed by atoms with Crippen LogP contribution in [-0.2, 0) is 17.8 Å². The molecule has 0 saturated heterocycles. The lowest BCUT2D eigenvalue weighted by Gasteiger charge is -2.15. The van der Waals surface area contributed by atoms with Crippen molar-refractivity contribution < 1.29 is 24.2 Å². The highest BCUT2D eigenvalue weighted by Crippen LogP contribution is 2.28. The molecule has 0 bridgehead atoms. The van der Waals surface area contributed by atoms with Crippen LogP contribution in [0.1, 0.15) is 48.7 Å².